The molecule has 33 heavy (non-hydrogen) atoms. The standard InChI is InChI=1S/C25H27Cl3N4O/c1-2-20-23(25(33)30-31-13-16-4-3-5-17(16)14-31)29-32(22-11-10-19(27)12-21(22)28)24(20)15-6-8-18(26)9-7-15/h6-12,16-17,20,24H,2-5,13-14H2,1H3,(H,30,33). The Morgan fingerprint density at radius 3 is 2.33 bits per heavy atom. The van der Waals surface area contributed by atoms with Crippen molar-refractivity contribution < 1.29 is 4.79 Å². The summed E-state index contributed by atoms with van der Waals surface area (Å²) in [5, 5.41) is 10.5. The molecular weight excluding hydrogens is 479 g/mol. The maximum Gasteiger partial charge on any atom is 0.282 e. The average molecular weight is 506 g/mol. The van der Waals surface area contributed by atoms with Crippen molar-refractivity contribution in [1.29, 1.82) is 0 Å². The molecular formula is C25H27Cl3N4O. The normalized spacial score (nSPS) is 27.0. The highest BCUT2D eigenvalue weighted by Crippen LogP contribution is 2.44. The Kier molecular flexibility index (Phi) is 6.58. The molecule has 1 aliphatic carbocycles. The summed E-state index contributed by atoms with van der Waals surface area (Å²) in [5.74, 6) is 1.17. The van der Waals surface area contributed by atoms with Crippen LogP contribution in [0.5, 0.6) is 0 Å². The van der Waals surface area contributed by atoms with Gasteiger partial charge in [-0.05, 0) is 67.0 Å². The number of hydrogen-bond donors (Lipinski definition) is 1. The Morgan fingerprint density at radius 2 is 1.70 bits per heavy atom. The summed E-state index contributed by atoms with van der Waals surface area (Å²) in [6, 6.07) is 12.9. The predicted octanol–water partition coefficient (Wildman–Crippen LogP) is 6.35. The van der Waals surface area contributed by atoms with Crippen LogP contribution in [-0.4, -0.2) is 29.7 Å². The molecule has 1 amide bonds. The van der Waals surface area contributed by atoms with Gasteiger partial charge in [0.2, 0.25) is 0 Å². The monoisotopic (exact) mass is 504 g/mol. The Balaban J connectivity index is 1.47. The summed E-state index contributed by atoms with van der Waals surface area (Å²) >= 11 is 18.9. The zero-order valence-electron chi connectivity index (χ0n) is 18.5. The second-order valence-electron chi connectivity index (χ2n) is 9.23. The number of hydrazone groups is 1. The first-order valence-corrected chi connectivity index (χ1v) is 12.7. The van der Waals surface area contributed by atoms with E-state index in [4.69, 9.17) is 39.9 Å². The molecule has 0 radical (unpaired) electrons. The highest BCUT2D eigenvalue weighted by atomic mass is 35.5. The molecule has 0 bridgehead atoms. The fourth-order valence-corrected chi connectivity index (χ4v) is 6.26. The van der Waals surface area contributed by atoms with Gasteiger partial charge in [-0.1, -0.05) is 60.3 Å². The lowest BCUT2D eigenvalue weighted by atomic mass is 9.87. The van der Waals surface area contributed by atoms with Crippen molar-refractivity contribution in [3.05, 3.63) is 63.1 Å². The quantitative estimate of drug-likeness (QED) is 0.515. The van der Waals surface area contributed by atoms with Crippen molar-refractivity contribution in [2.75, 3.05) is 18.1 Å². The van der Waals surface area contributed by atoms with Crippen LogP contribution in [0, 0.1) is 17.8 Å². The van der Waals surface area contributed by atoms with E-state index in [2.05, 4.69) is 17.4 Å². The van der Waals surface area contributed by atoms with E-state index >= 15 is 0 Å². The SMILES string of the molecule is CCC1C(C(=O)NN2CC3CCCC3C2)=NN(c2ccc(Cl)cc2Cl)C1c1ccc(Cl)cc1. The van der Waals surface area contributed by atoms with Crippen molar-refractivity contribution >= 4 is 52.1 Å². The smallest absolute Gasteiger partial charge is 0.282 e. The Hall–Kier alpha value is -1.79. The van der Waals surface area contributed by atoms with Gasteiger partial charge in [0, 0.05) is 29.1 Å². The first-order valence-electron chi connectivity index (χ1n) is 11.6. The van der Waals surface area contributed by atoms with E-state index in [0.29, 0.717) is 32.6 Å². The lowest BCUT2D eigenvalue weighted by Crippen LogP contribution is -2.45. The highest BCUT2D eigenvalue weighted by molar-refractivity contribution is 6.41. The molecule has 5 nitrogen and oxygen atoms in total. The number of carbonyl (C=O) groups excluding carboxylic acids is 1. The lowest BCUT2D eigenvalue weighted by molar-refractivity contribution is -0.119. The first kappa shape index (κ1) is 23.0. The Labute approximate surface area is 209 Å². The van der Waals surface area contributed by atoms with Crippen molar-refractivity contribution in [2.24, 2.45) is 22.9 Å². The van der Waals surface area contributed by atoms with E-state index in [1.807, 2.05) is 35.3 Å². The van der Waals surface area contributed by atoms with Crippen LogP contribution in [0.4, 0.5) is 5.69 Å². The fraction of sp³-hybridized carbons (Fsp3) is 0.440. The lowest BCUT2D eigenvalue weighted by Gasteiger charge is -2.29. The van der Waals surface area contributed by atoms with Crippen LogP contribution in [0.2, 0.25) is 15.1 Å². The van der Waals surface area contributed by atoms with Gasteiger partial charge in [0.05, 0.1) is 16.8 Å². The van der Waals surface area contributed by atoms with Gasteiger partial charge in [0.1, 0.15) is 5.71 Å². The minimum atomic E-state index is -0.176. The van der Waals surface area contributed by atoms with E-state index in [-0.39, 0.29) is 17.9 Å². The topological polar surface area (TPSA) is 47.9 Å². The Bertz CT molecular complexity index is 1060. The van der Waals surface area contributed by atoms with Crippen molar-refractivity contribution in [3.63, 3.8) is 0 Å². The number of hydrazine groups is 1. The summed E-state index contributed by atoms with van der Waals surface area (Å²) in [4.78, 5) is 13.5. The summed E-state index contributed by atoms with van der Waals surface area (Å²) < 4.78 is 0. The van der Waals surface area contributed by atoms with Gasteiger partial charge in [0.15, 0.2) is 0 Å². The number of nitrogens with one attached hydrogen (secondary N) is 1. The van der Waals surface area contributed by atoms with Gasteiger partial charge in [-0.25, -0.2) is 5.01 Å². The number of fused-ring (bicyclic) bond motifs is 1. The minimum Gasteiger partial charge on any atom is -0.284 e. The van der Waals surface area contributed by atoms with Gasteiger partial charge in [-0.3, -0.25) is 15.2 Å². The number of rotatable bonds is 5. The number of halogens is 3. The second kappa shape index (κ2) is 9.46. The zero-order valence-corrected chi connectivity index (χ0v) is 20.7. The summed E-state index contributed by atoms with van der Waals surface area (Å²) in [7, 11) is 0. The van der Waals surface area contributed by atoms with Crippen molar-refractivity contribution in [1.82, 2.24) is 10.4 Å². The molecule has 5 rings (SSSR count). The number of benzene rings is 2. The van der Waals surface area contributed by atoms with Crippen LogP contribution in [0.3, 0.4) is 0 Å². The molecule has 4 unspecified atom stereocenters. The highest BCUT2D eigenvalue weighted by Gasteiger charge is 2.43. The van der Waals surface area contributed by atoms with Gasteiger partial charge in [-0.2, -0.15) is 5.10 Å². The van der Waals surface area contributed by atoms with Gasteiger partial charge >= 0.3 is 0 Å². The maximum absolute atomic E-state index is 13.5. The van der Waals surface area contributed by atoms with Crippen LogP contribution in [0.25, 0.3) is 0 Å². The molecule has 3 aliphatic rings. The molecule has 2 aromatic carbocycles. The largest absolute Gasteiger partial charge is 0.284 e. The molecule has 2 aromatic rings. The zero-order chi connectivity index (χ0) is 23.1. The molecule has 2 fully saturated rings. The van der Waals surface area contributed by atoms with Crippen molar-refractivity contribution in [2.45, 2.75) is 38.6 Å². The second-order valence-corrected chi connectivity index (χ2v) is 10.5. The van der Waals surface area contributed by atoms with Crippen molar-refractivity contribution in [3.8, 4) is 0 Å². The van der Waals surface area contributed by atoms with E-state index in [0.717, 1.165) is 30.8 Å². The molecule has 4 atom stereocenters. The summed E-state index contributed by atoms with van der Waals surface area (Å²) in [5.41, 5.74) is 5.43. The molecule has 174 valence electrons. The fourth-order valence-electron chi connectivity index (χ4n) is 5.63. The number of amides is 1. The third-order valence-corrected chi connectivity index (χ3v) is 8.03. The molecule has 1 saturated heterocycles. The van der Waals surface area contributed by atoms with Crippen LogP contribution < -0.4 is 10.4 Å². The van der Waals surface area contributed by atoms with E-state index in [9.17, 15) is 4.79 Å². The van der Waals surface area contributed by atoms with E-state index in [1.54, 1.807) is 12.1 Å². The average Bonchev–Trinajstić information content (AvgIpc) is 3.47. The van der Waals surface area contributed by atoms with Gasteiger partial charge < -0.3 is 0 Å². The van der Waals surface area contributed by atoms with Gasteiger partial charge in [0.25, 0.3) is 5.91 Å². The van der Waals surface area contributed by atoms with Crippen LogP contribution in [0.15, 0.2) is 47.6 Å². The summed E-state index contributed by atoms with van der Waals surface area (Å²) in [6.45, 7) is 3.94. The molecule has 1 saturated carbocycles. The number of nitrogens with zero attached hydrogens (tertiary/aromatic N) is 3. The van der Waals surface area contributed by atoms with Crippen LogP contribution in [0.1, 0.15) is 44.2 Å². The maximum atomic E-state index is 13.5. The van der Waals surface area contributed by atoms with E-state index in [1.165, 1.54) is 19.3 Å². The summed E-state index contributed by atoms with van der Waals surface area (Å²) in [6.07, 6.45) is 4.59. The molecule has 2 heterocycles. The van der Waals surface area contributed by atoms with E-state index < -0.39 is 0 Å². The number of carbonyl (C=O) groups is 1. The third-order valence-electron chi connectivity index (χ3n) is 7.24. The molecule has 8 heteroatoms. The third kappa shape index (κ3) is 4.49. The Morgan fingerprint density at radius 1 is 1.03 bits per heavy atom. The van der Waals surface area contributed by atoms with Crippen LogP contribution >= 0.6 is 34.8 Å². The first-order chi connectivity index (χ1) is 15.9. The predicted molar refractivity (Wildman–Crippen MR) is 135 cm³/mol. The number of hydrogen-bond acceptors (Lipinski definition) is 4. The molecule has 0 aromatic heterocycles. The number of anilines is 1. The molecule has 2 aliphatic heterocycles. The van der Waals surface area contributed by atoms with Gasteiger partial charge in [-0.15, -0.1) is 0 Å². The molecule has 0 spiro atoms. The molecule has 1 N–H and O–H groups in total. The van der Waals surface area contributed by atoms with Crippen LogP contribution in [-0.2, 0) is 4.79 Å². The minimum absolute atomic E-state index is 0.0972.